The second kappa shape index (κ2) is 5.27. The van der Waals surface area contributed by atoms with Crippen molar-refractivity contribution in [2.75, 3.05) is 13.2 Å². The molecule has 3 nitrogen and oxygen atoms in total. The van der Waals surface area contributed by atoms with E-state index in [1.807, 2.05) is 19.1 Å². The Morgan fingerprint density at radius 3 is 2.74 bits per heavy atom. The van der Waals surface area contributed by atoms with Gasteiger partial charge in [-0.1, -0.05) is 24.3 Å². The van der Waals surface area contributed by atoms with Crippen LogP contribution in [0.25, 0.3) is 10.9 Å². The molecule has 3 heteroatoms. The molecule has 3 rings (SSSR count). The predicted molar refractivity (Wildman–Crippen MR) is 75.0 cm³/mol. The Labute approximate surface area is 113 Å². The van der Waals surface area contributed by atoms with Gasteiger partial charge in [0, 0.05) is 17.5 Å². The lowest BCUT2D eigenvalue weighted by Crippen LogP contribution is -2.25. The first-order chi connectivity index (χ1) is 9.25. The molecule has 2 heterocycles. The summed E-state index contributed by atoms with van der Waals surface area (Å²) in [6.45, 7) is 3.45. The quantitative estimate of drug-likeness (QED) is 0.842. The maximum atomic E-state index is 5.61. The van der Waals surface area contributed by atoms with Gasteiger partial charge in [-0.15, -0.1) is 0 Å². The van der Waals surface area contributed by atoms with Gasteiger partial charge in [0.1, 0.15) is 0 Å². The molecule has 0 radical (unpaired) electrons. The first kappa shape index (κ1) is 12.6. The highest BCUT2D eigenvalue weighted by Crippen LogP contribution is 2.25. The number of aromatic nitrogens is 1. The lowest BCUT2D eigenvalue weighted by molar-refractivity contribution is -0.147. The third-order valence-electron chi connectivity index (χ3n) is 3.62. The molecule has 0 bridgehead atoms. The van der Waals surface area contributed by atoms with E-state index in [9.17, 15) is 0 Å². The number of aryl methyl sites for hydroxylation is 1. The van der Waals surface area contributed by atoms with Crippen LogP contribution in [0.4, 0.5) is 0 Å². The summed E-state index contributed by atoms with van der Waals surface area (Å²) in [6.07, 6.45) is 2.91. The van der Waals surface area contributed by atoms with Gasteiger partial charge in [-0.2, -0.15) is 0 Å². The molecule has 1 saturated heterocycles. The SMILES string of the molecule is CC1(CCCc2ccc3ccccc3n2)OCCO1. The van der Waals surface area contributed by atoms with Gasteiger partial charge in [0.2, 0.25) is 0 Å². The Bertz CT molecular complexity index is 561. The molecule has 19 heavy (non-hydrogen) atoms. The van der Waals surface area contributed by atoms with E-state index in [2.05, 4.69) is 29.2 Å². The van der Waals surface area contributed by atoms with E-state index in [0.717, 1.165) is 30.5 Å². The van der Waals surface area contributed by atoms with E-state index >= 15 is 0 Å². The first-order valence-corrected chi connectivity index (χ1v) is 6.88. The highest BCUT2D eigenvalue weighted by molar-refractivity contribution is 5.78. The number of benzene rings is 1. The van der Waals surface area contributed by atoms with Crippen molar-refractivity contribution in [2.24, 2.45) is 0 Å². The molecule has 1 aliphatic rings. The van der Waals surface area contributed by atoms with Gasteiger partial charge in [0.25, 0.3) is 0 Å². The van der Waals surface area contributed by atoms with E-state index in [4.69, 9.17) is 9.47 Å². The maximum absolute atomic E-state index is 5.61. The molecular weight excluding hydrogens is 238 g/mol. The molecule has 1 aromatic heterocycles. The molecule has 1 aliphatic heterocycles. The third kappa shape index (κ3) is 2.94. The summed E-state index contributed by atoms with van der Waals surface area (Å²) in [5, 5.41) is 1.20. The van der Waals surface area contributed by atoms with Crippen LogP contribution in [0, 0.1) is 0 Å². The largest absolute Gasteiger partial charge is 0.348 e. The molecule has 0 aliphatic carbocycles. The maximum Gasteiger partial charge on any atom is 0.165 e. The lowest BCUT2D eigenvalue weighted by atomic mass is 10.1. The standard InChI is InChI=1S/C16H19NO2/c1-16(18-11-12-19-16)10-4-6-14-9-8-13-5-2-3-7-15(13)17-14/h2-3,5,7-9H,4,6,10-12H2,1H3. The number of hydrogen-bond acceptors (Lipinski definition) is 3. The molecule has 0 atom stereocenters. The summed E-state index contributed by atoms with van der Waals surface area (Å²) in [5.41, 5.74) is 2.21. The van der Waals surface area contributed by atoms with Crippen molar-refractivity contribution in [1.82, 2.24) is 4.98 Å². The molecule has 100 valence electrons. The van der Waals surface area contributed by atoms with Crippen molar-refractivity contribution in [2.45, 2.75) is 32.0 Å². The molecule has 0 amide bonds. The smallest absolute Gasteiger partial charge is 0.165 e. The van der Waals surface area contributed by atoms with Crippen LogP contribution in [0.5, 0.6) is 0 Å². The van der Waals surface area contributed by atoms with Crippen LogP contribution in [-0.2, 0) is 15.9 Å². The number of fused-ring (bicyclic) bond motifs is 1. The zero-order valence-electron chi connectivity index (χ0n) is 11.3. The molecule has 0 saturated carbocycles. The highest BCUT2D eigenvalue weighted by atomic mass is 16.7. The number of ether oxygens (including phenoxy) is 2. The van der Waals surface area contributed by atoms with Gasteiger partial charge in [0.05, 0.1) is 18.7 Å². The van der Waals surface area contributed by atoms with Crippen molar-refractivity contribution in [3.8, 4) is 0 Å². The summed E-state index contributed by atoms with van der Waals surface area (Å²) in [7, 11) is 0. The van der Waals surface area contributed by atoms with Gasteiger partial charge in [-0.25, -0.2) is 0 Å². The topological polar surface area (TPSA) is 31.4 Å². The zero-order valence-corrected chi connectivity index (χ0v) is 11.3. The zero-order chi connectivity index (χ0) is 13.1. The summed E-state index contributed by atoms with van der Waals surface area (Å²) >= 11 is 0. The minimum absolute atomic E-state index is 0.378. The molecule has 1 fully saturated rings. The minimum atomic E-state index is -0.378. The average Bonchev–Trinajstić information content (AvgIpc) is 2.86. The predicted octanol–water partition coefficient (Wildman–Crippen LogP) is 3.32. The number of pyridine rings is 1. The fraction of sp³-hybridized carbons (Fsp3) is 0.438. The van der Waals surface area contributed by atoms with Gasteiger partial charge < -0.3 is 9.47 Å². The van der Waals surface area contributed by atoms with Crippen molar-refractivity contribution >= 4 is 10.9 Å². The van der Waals surface area contributed by atoms with Crippen molar-refractivity contribution < 1.29 is 9.47 Å². The number of nitrogens with zero attached hydrogens (tertiary/aromatic N) is 1. The highest BCUT2D eigenvalue weighted by Gasteiger charge is 2.29. The van der Waals surface area contributed by atoms with Crippen LogP contribution in [-0.4, -0.2) is 24.0 Å². The molecule has 1 aromatic carbocycles. The van der Waals surface area contributed by atoms with Crippen LogP contribution >= 0.6 is 0 Å². The minimum Gasteiger partial charge on any atom is -0.348 e. The van der Waals surface area contributed by atoms with Gasteiger partial charge in [-0.05, 0) is 31.9 Å². The van der Waals surface area contributed by atoms with E-state index in [0.29, 0.717) is 13.2 Å². The second-order valence-corrected chi connectivity index (χ2v) is 5.18. The van der Waals surface area contributed by atoms with Crippen molar-refractivity contribution in [3.63, 3.8) is 0 Å². The van der Waals surface area contributed by atoms with Crippen LogP contribution in [0.2, 0.25) is 0 Å². The summed E-state index contributed by atoms with van der Waals surface area (Å²) in [5.74, 6) is -0.378. The van der Waals surface area contributed by atoms with Crippen LogP contribution in [0.15, 0.2) is 36.4 Å². The second-order valence-electron chi connectivity index (χ2n) is 5.18. The van der Waals surface area contributed by atoms with Gasteiger partial charge >= 0.3 is 0 Å². The van der Waals surface area contributed by atoms with E-state index in [1.54, 1.807) is 0 Å². The summed E-state index contributed by atoms with van der Waals surface area (Å²) in [4.78, 5) is 4.68. The van der Waals surface area contributed by atoms with E-state index in [-0.39, 0.29) is 5.79 Å². The Morgan fingerprint density at radius 1 is 1.11 bits per heavy atom. The average molecular weight is 257 g/mol. The van der Waals surface area contributed by atoms with Crippen molar-refractivity contribution in [3.05, 3.63) is 42.1 Å². The Kier molecular flexibility index (Phi) is 3.49. The van der Waals surface area contributed by atoms with Crippen LogP contribution in [0.1, 0.15) is 25.5 Å². The first-order valence-electron chi connectivity index (χ1n) is 6.88. The summed E-state index contributed by atoms with van der Waals surface area (Å²) < 4.78 is 11.2. The normalized spacial score (nSPS) is 17.9. The van der Waals surface area contributed by atoms with Gasteiger partial charge in [0.15, 0.2) is 5.79 Å². The van der Waals surface area contributed by atoms with E-state index < -0.39 is 0 Å². The van der Waals surface area contributed by atoms with E-state index in [1.165, 1.54) is 5.39 Å². The van der Waals surface area contributed by atoms with Crippen LogP contribution < -0.4 is 0 Å². The Hall–Kier alpha value is -1.45. The number of hydrogen-bond donors (Lipinski definition) is 0. The van der Waals surface area contributed by atoms with Crippen molar-refractivity contribution in [1.29, 1.82) is 0 Å². The molecule has 0 spiro atoms. The Morgan fingerprint density at radius 2 is 1.89 bits per heavy atom. The van der Waals surface area contributed by atoms with Gasteiger partial charge in [-0.3, -0.25) is 4.98 Å². The lowest BCUT2D eigenvalue weighted by Gasteiger charge is -2.21. The number of para-hydroxylation sites is 1. The monoisotopic (exact) mass is 257 g/mol. The Balaban J connectivity index is 1.62. The fourth-order valence-electron chi connectivity index (χ4n) is 2.54. The molecular formula is C16H19NO2. The molecule has 2 aromatic rings. The molecule has 0 N–H and O–H groups in total. The fourth-order valence-corrected chi connectivity index (χ4v) is 2.54. The van der Waals surface area contributed by atoms with Crippen LogP contribution in [0.3, 0.4) is 0 Å². The number of rotatable bonds is 4. The molecule has 0 unspecified atom stereocenters. The summed E-state index contributed by atoms with van der Waals surface area (Å²) in [6, 6.07) is 12.5. The third-order valence-corrected chi connectivity index (χ3v) is 3.62.